The summed E-state index contributed by atoms with van der Waals surface area (Å²) in [6.45, 7) is 7.26. The zero-order valence-corrected chi connectivity index (χ0v) is 15.1. The van der Waals surface area contributed by atoms with Gasteiger partial charge in [-0.25, -0.2) is 0 Å². The first kappa shape index (κ1) is 22.8. The van der Waals surface area contributed by atoms with Crippen LogP contribution in [0.3, 0.4) is 0 Å². The Morgan fingerprint density at radius 1 is 0.880 bits per heavy atom. The maximum atomic E-state index is 11.5. The molecule has 0 saturated heterocycles. The second-order valence-corrected chi connectivity index (χ2v) is 4.96. The quantitative estimate of drug-likeness (QED) is 0.388. The van der Waals surface area contributed by atoms with Crippen LogP contribution in [0.2, 0.25) is 0 Å². The normalized spacial score (nSPS) is 15.2. The van der Waals surface area contributed by atoms with Crippen LogP contribution in [0.15, 0.2) is 0 Å². The van der Waals surface area contributed by atoms with E-state index in [4.69, 9.17) is 23.7 Å². The standard InChI is InChI=1S/C16H25NO8/c1-6-21-9-14(24-11(4)19)16(25-12(5)20)15(22-7-2)13(8-17)23-10(3)18/h13-16H,6-7,9H2,1-5H3/t13-,14+,15+,16+/m1/s1. The third-order valence-corrected chi connectivity index (χ3v) is 2.87. The maximum Gasteiger partial charge on any atom is 0.304 e. The molecule has 0 radical (unpaired) electrons. The van der Waals surface area contributed by atoms with Crippen LogP contribution >= 0.6 is 0 Å². The van der Waals surface area contributed by atoms with Gasteiger partial charge in [0.05, 0.1) is 6.61 Å². The summed E-state index contributed by atoms with van der Waals surface area (Å²) >= 11 is 0. The van der Waals surface area contributed by atoms with Crippen molar-refractivity contribution in [2.75, 3.05) is 19.8 Å². The summed E-state index contributed by atoms with van der Waals surface area (Å²) in [5.74, 6) is -2.01. The fourth-order valence-corrected chi connectivity index (χ4v) is 2.08. The number of esters is 3. The van der Waals surface area contributed by atoms with Gasteiger partial charge in [-0.05, 0) is 13.8 Å². The highest BCUT2D eigenvalue weighted by Gasteiger charge is 2.42. The zero-order valence-electron chi connectivity index (χ0n) is 15.1. The molecule has 0 unspecified atom stereocenters. The highest BCUT2D eigenvalue weighted by molar-refractivity contribution is 5.68. The highest BCUT2D eigenvalue weighted by atomic mass is 16.6. The average Bonchev–Trinajstić information content (AvgIpc) is 2.52. The second-order valence-electron chi connectivity index (χ2n) is 4.96. The molecule has 0 amide bonds. The largest absolute Gasteiger partial charge is 0.456 e. The predicted molar refractivity (Wildman–Crippen MR) is 84.2 cm³/mol. The molecular weight excluding hydrogens is 334 g/mol. The lowest BCUT2D eigenvalue weighted by atomic mass is 10.0. The Morgan fingerprint density at radius 3 is 1.84 bits per heavy atom. The molecule has 0 aromatic heterocycles. The van der Waals surface area contributed by atoms with Gasteiger partial charge in [0.2, 0.25) is 6.10 Å². The highest BCUT2D eigenvalue weighted by Crippen LogP contribution is 2.19. The van der Waals surface area contributed by atoms with E-state index in [1.807, 2.05) is 0 Å². The minimum absolute atomic E-state index is 0.0875. The van der Waals surface area contributed by atoms with E-state index in [1.165, 1.54) is 6.92 Å². The lowest BCUT2D eigenvalue weighted by Crippen LogP contribution is -2.52. The van der Waals surface area contributed by atoms with Crippen LogP contribution < -0.4 is 0 Å². The van der Waals surface area contributed by atoms with Crippen molar-refractivity contribution < 1.29 is 38.1 Å². The van der Waals surface area contributed by atoms with Gasteiger partial charge in [0.15, 0.2) is 12.2 Å². The lowest BCUT2D eigenvalue weighted by Gasteiger charge is -2.33. The average molecular weight is 359 g/mol. The van der Waals surface area contributed by atoms with Gasteiger partial charge in [0.1, 0.15) is 12.2 Å². The van der Waals surface area contributed by atoms with Gasteiger partial charge in [-0.15, -0.1) is 0 Å². The van der Waals surface area contributed by atoms with Crippen molar-refractivity contribution in [3.63, 3.8) is 0 Å². The first-order chi connectivity index (χ1) is 11.8. The summed E-state index contributed by atoms with van der Waals surface area (Å²) in [6.07, 6.45) is -4.75. The fraction of sp³-hybridized carbons (Fsp3) is 0.750. The third-order valence-electron chi connectivity index (χ3n) is 2.87. The summed E-state index contributed by atoms with van der Waals surface area (Å²) in [4.78, 5) is 34.1. The fourth-order valence-electron chi connectivity index (χ4n) is 2.08. The van der Waals surface area contributed by atoms with Crippen LogP contribution in [0.4, 0.5) is 0 Å². The Kier molecular flexibility index (Phi) is 11.2. The molecule has 0 heterocycles. The molecule has 0 spiro atoms. The Hall–Kier alpha value is -2.18. The third kappa shape index (κ3) is 9.02. The molecule has 0 aromatic carbocycles. The molecule has 4 atom stereocenters. The molecule has 0 saturated carbocycles. The first-order valence-corrected chi connectivity index (χ1v) is 7.87. The number of rotatable bonds is 11. The molecule has 0 aliphatic heterocycles. The Balaban J connectivity index is 5.73. The molecule has 0 aliphatic rings. The van der Waals surface area contributed by atoms with Gasteiger partial charge < -0.3 is 23.7 Å². The monoisotopic (exact) mass is 359 g/mol. The van der Waals surface area contributed by atoms with Gasteiger partial charge in [-0.2, -0.15) is 5.26 Å². The van der Waals surface area contributed by atoms with Crippen molar-refractivity contribution in [1.29, 1.82) is 5.26 Å². The number of hydrogen-bond donors (Lipinski definition) is 0. The number of carbonyl (C=O) groups is 3. The number of ether oxygens (including phenoxy) is 5. The SMILES string of the molecule is CCOC[C@H](OC(C)=O)[C@H](OC(C)=O)[C@@H](OCC)[C@@H](C#N)OC(C)=O. The minimum atomic E-state index is -1.36. The van der Waals surface area contributed by atoms with Crippen molar-refractivity contribution in [3.8, 4) is 6.07 Å². The lowest BCUT2D eigenvalue weighted by molar-refractivity contribution is -0.194. The molecule has 142 valence electrons. The van der Waals surface area contributed by atoms with E-state index in [2.05, 4.69) is 0 Å². The van der Waals surface area contributed by atoms with Crippen molar-refractivity contribution in [1.82, 2.24) is 0 Å². The van der Waals surface area contributed by atoms with E-state index in [9.17, 15) is 19.6 Å². The first-order valence-electron chi connectivity index (χ1n) is 7.87. The summed E-state index contributed by atoms with van der Waals surface area (Å²) in [5, 5.41) is 9.31. The summed E-state index contributed by atoms with van der Waals surface area (Å²) in [6, 6.07) is 1.80. The summed E-state index contributed by atoms with van der Waals surface area (Å²) in [7, 11) is 0. The Bertz CT molecular complexity index is 487. The predicted octanol–water partition coefficient (Wildman–Crippen LogP) is 0.747. The van der Waals surface area contributed by atoms with Crippen LogP contribution in [0, 0.1) is 11.3 Å². The van der Waals surface area contributed by atoms with Crippen LogP contribution in [-0.4, -0.2) is 62.1 Å². The maximum absolute atomic E-state index is 11.5. The molecule has 0 aliphatic carbocycles. The van der Waals surface area contributed by atoms with E-state index in [0.29, 0.717) is 6.61 Å². The van der Waals surface area contributed by atoms with E-state index in [-0.39, 0.29) is 13.2 Å². The van der Waals surface area contributed by atoms with Gasteiger partial charge in [0.25, 0.3) is 0 Å². The molecule has 0 rings (SSSR count). The van der Waals surface area contributed by atoms with Crippen LogP contribution in [0.1, 0.15) is 34.6 Å². The number of hydrogen-bond acceptors (Lipinski definition) is 9. The van der Waals surface area contributed by atoms with E-state index in [1.54, 1.807) is 19.9 Å². The molecule has 0 N–H and O–H groups in total. The molecule has 0 fully saturated rings. The zero-order chi connectivity index (χ0) is 19.4. The molecule has 9 nitrogen and oxygen atoms in total. The summed E-state index contributed by atoms with van der Waals surface area (Å²) < 4.78 is 26.1. The Morgan fingerprint density at radius 2 is 1.44 bits per heavy atom. The molecular formula is C16H25NO8. The van der Waals surface area contributed by atoms with Crippen molar-refractivity contribution >= 4 is 17.9 Å². The molecule has 9 heteroatoms. The van der Waals surface area contributed by atoms with Crippen LogP contribution in [-0.2, 0) is 38.1 Å². The number of carbonyl (C=O) groups excluding carboxylic acids is 3. The van der Waals surface area contributed by atoms with Gasteiger partial charge in [-0.1, -0.05) is 0 Å². The van der Waals surface area contributed by atoms with Crippen molar-refractivity contribution in [2.45, 2.75) is 59.0 Å². The summed E-state index contributed by atoms with van der Waals surface area (Å²) in [5.41, 5.74) is 0. The number of nitriles is 1. The Labute approximate surface area is 147 Å². The van der Waals surface area contributed by atoms with E-state index >= 15 is 0 Å². The van der Waals surface area contributed by atoms with Crippen LogP contribution in [0.5, 0.6) is 0 Å². The van der Waals surface area contributed by atoms with Crippen LogP contribution in [0.25, 0.3) is 0 Å². The van der Waals surface area contributed by atoms with Crippen molar-refractivity contribution in [2.24, 2.45) is 0 Å². The van der Waals surface area contributed by atoms with E-state index < -0.39 is 42.3 Å². The minimum Gasteiger partial charge on any atom is -0.456 e. The molecule has 0 aromatic rings. The van der Waals surface area contributed by atoms with Gasteiger partial charge in [0, 0.05) is 34.0 Å². The van der Waals surface area contributed by atoms with Gasteiger partial charge in [-0.3, -0.25) is 14.4 Å². The smallest absolute Gasteiger partial charge is 0.304 e. The topological polar surface area (TPSA) is 121 Å². The molecule has 25 heavy (non-hydrogen) atoms. The van der Waals surface area contributed by atoms with Gasteiger partial charge >= 0.3 is 17.9 Å². The van der Waals surface area contributed by atoms with Crippen molar-refractivity contribution in [3.05, 3.63) is 0 Å². The second kappa shape index (κ2) is 12.2. The van der Waals surface area contributed by atoms with E-state index in [0.717, 1.165) is 13.8 Å². The number of nitrogens with zero attached hydrogens (tertiary/aromatic N) is 1. The molecule has 0 bridgehead atoms.